The highest BCUT2D eigenvalue weighted by atomic mass is 14.4. The third kappa shape index (κ3) is 2.19. The van der Waals surface area contributed by atoms with E-state index >= 15 is 0 Å². The zero-order chi connectivity index (χ0) is 11.5. The molecule has 1 N–H and O–H groups in total. The van der Waals surface area contributed by atoms with Gasteiger partial charge in [-0.1, -0.05) is 47.5 Å². The van der Waals surface area contributed by atoms with E-state index in [4.69, 9.17) is 5.41 Å². The summed E-state index contributed by atoms with van der Waals surface area (Å²) >= 11 is 0. The van der Waals surface area contributed by atoms with E-state index < -0.39 is 0 Å². The summed E-state index contributed by atoms with van der Waals surface area (Å²) in [5, 5.41) is 8.16. The minimum absolute atomic E-state index is 0.590. The molecule has 0 fully saturated rings. The van der Waals surface area contributed by atoms with Gasteiger partial charge in [0.2, 0.25) is 0 Å². The fraction of sp³-hybridized carbons (Fsp3) is 0.133. The van der Waals surface area contributed by atoms with Crippen molar-refractivity contribution in [3.05, 3.63) is 70.8 Å². The molecule has 2 aromatic carbocycles. The Morgan fingerprint density at radius 2 is 1.38 bits per heavy atom. The summed E-state index contributed by atoms with van der Waals surface area (Å²) in [6, 6.07) is 16.1. The van der Waals surface area contributed by atoms with Crippen LogP contribution in [-0.2, 0) is 0 Å². The predicted molar refractivity (Wildman–Crippen MR) is 68.3 cm³/mol. The van der Waals surface area contributed by atoms with E-state index in [1.165, 1.54) is 11.1 Å². The average Bonchev–Trinajstić information content (AvgIpc) is 2.28. The summed E-state index contributed by atoms with van der Waals surface area (Å²) in [5.41, 5.74) is 4.95. The van der Waals surface area contributed by atoms with Crippen molar-refractivity contribution in [3.8, 4) is 0 Å². The van der Waals surface area contributed by atoms with Gasteiger partial charge in [0.25, 0.3) is 0 Å². The van der Waals surface area contributed by atoms with Crippen LogP contribution in [0.1, 0.15) is 22.3 Å². The van der Waals surface area contributed by atoms with E-state index in [9.17, 15) is 0 Å². The van der Waals surface area contributed by atoms with Crippen LogP contribution >= 0.6 is 0 Å². The van der Waals surface area contributed by atoms with Crippen molar-refractivity contribution < 1.29 is 0 Å². The molecule has 80 valence electrons. The number of aryl methyl sites for hydroxylation is 2. The van der Waals surface area contributed by atoms with Crippen LogP contribution in [0.5, 0.6) is 0 Å². The summed E-state index contributed by atoms with van der Waals surface area (Å²) in [4.78, 5) is 0. The van der Waals surface area contributed by atoms with Crippen molar-refractivity contribution in [1.82, 2.24) is 0 Å². The van der Waals surface area contributed by atoms with Gasteiger partial charge in [0.15, 0.2) is 0 Å². The molecule has 0 amide bonds. The van der Waals surface area contributed by atoms with Crippen LogP contribution in [0, 0.1) is 19.3 Å². The second-order valence-electron chi connectivity index (χ2n) is 4.12. The first kappa shape index (κ1) is 10.6. The van der Waals surface area contributed by atoms with Gasteiger partial charge in [-0.05, 0) is 31.5 Å². The second kappa shape index (κ2) is 4.31. The maximum Gasteiger partial charge on any atom is 0.0684 e. The Hall–Kier alpha value is -1.89. The Morgan fingerprint density at radius 1 is 0.812 bits per heavy atom. The van der Waals surface area contributed by atoms with E-state index in [0.29, 0.717) is 5.71 Å². The molecule has 0 unspecified atom stereocenters. The Morgan fingerprint density at radius 3 is 1.94 bits per heavy atom. The number of rotatable bonds is 2. The van der Waals surface area contributed by atoms with Gasteiger partial charge < -0.3 is 0 Å². The highest BCUT2D eigenvalue weighted by molar-refractivity contribution is 6.10. The van der Waals surface area contributed by atoms with E-state index in [0.717, 1.165) is 11.1 Å². The van der Waals surface area contributed by atoms with Crippen LogP contribution in [0.25, 0.3) is 0 Å². The molecule has 0 saturated carbocycles. The molecule has 2 aromatic rings. The van der Waals surface area contributed by atoms with Crippen LogP contribution in [0.4, 0.5) is 0 Å². The smallest absolute Gasteiger partial charge is 0.0684 e. The van der Waals surface area contributed by atoms with Crippen molar-refractivity contribution in [2.75, 3.05) is 0 Å². The molecule has 1 nitrogen and oxygen atoms in total. The summed E-state index contributed by atoms with van der Waals surface area (Å²) in [6.07, 6.45) is 0. The lowest BCUT2D eigenvalue weighted by atomic mass is 9.99. The highest BCUT2D eigenvalue weighted by Gasteiger charge is 2.04. The molecule has 0 atom stereocenters. The maximum atomic E-state index is 8.16. The Bertz CT molecular complexity index is 492. The van der Waals surface area contributed by atoms with Crippen molar-refractivity contribution in [2.45, 2.75) is 13.8 Å². The molecule has 0 bridgehead atoms. The number of hydrogen-bond acceptors (Lipinski definition) is 1. The summed E-state index contributed by atoms with van der Waals surface area (Å²) in [6.45, 7) is 4.13. The molecular formula is C15H15N. The molecule has 0 radical (unpaired) electrons. The second-order valence-corrected chi connectivity index (χ2v) is 4.12. The largest absolute Gasteiger partial charge is 0.300 e. The molecule has 0 spiro atoms. The monoisotopic (exact) mass is 209 g/mol. The summed E-state index contributed by atoms with van der Waals surface area (Å²) < 4.78 is 0. The van der Waals surface area contributed by atoms with Crippen molar-refractivity contribution >= 4 is 5.71 Å². The lowest BCUT2D eigenvalue weighted by Crippen LogP contribution is -2.01. The van der Waals surface area contributed by atoms with E-state index in [2.05, 4.69) is 32.0 Å². The van der Waals surface area contributed by atoms with Crippen molar-refractivity contribution in [1.29, 1.82) is 5.41 Å². The lowest BCUT2D eigenvalue weighted by molar-refractivity contribution is 1.35. The van der Waals surface area contributed by atoms with Gasteiger partial charge in [0.1, 0.15) is 0 Å². The molecule has 0 aliphatic rings. The molecule has 0 aliphatic heterocycles. The van der Waals surface area contributed by atoms with E-state index in [1.807, 2.05) is 30.3 Å². The highest BCUT2D eigenvalue weighted by Crippen LogP contribution is 2.13. The average molecular weight is 209 g/mol. The third-order valence-corrected chi connectivity index (χ3v) is 2.57. The maximum absolute atomic E-state index is 8.16. The topological polar surface area (TPSA) is 23.9 Å². The first-order valence-electron chi connectivity index (χ1n) is 5.39. The van der Waals surface area contributed by atoms with Crippen LogP contribution in [0.15, 0.2) is 48.5 Å². The zero-order valence-electron chi connectivity index (χ0n) is 9.62. The van der Waals surface area contributed by atoms with Gasteiger partial charge in [-0.25, -0.2) is 0 Å². The minimum Gasteiger partial charge on any atom is -0.300 e. The Kier molecular flexibility index (Phi) is 2.86. The number of benzene rings is 2. The summed E-state index contributed by atoms with van der Waals surface area (Å²) in [5.74, 6) is 0. The van der Waals surface area contributed by atoms with Crippen molar-refractivity contribution in [3.63, 3.8) is 0 Å². The minimum atomic E-state index is 0.590. The van der Waals surface area contributed by atoms with E-state index in [1.54, 1.807) is 0 Å². The molecule has 0 heterocycles. The first-order valence-corrected chi connectivity index (χ1v) is 5.39. The number of hydrogen-bond donors (Lipinski definition) is 1. The lowest BCUT2D eigenvalue weighted by Gasteiger charge is -2.06. The van der Waals surface area contributed by atoms with Gasteiger partial charge in [-0.3, -0.25) is 5.41 Å². The molecular weight excluding hydrogens is 194 g/mol. The molecule has 0 aromatic heterocycles. The fourth-order valence-corrected chi connectivity index (χ4v) is 1.89. The Balaban J connectivity index is 2.42. The Labute approximate surface area is 96.3 Å². The van der Waals surface area contributed by atoms with Crippen LogP contribution < -0.4 is 0 Å². The quantitative estimate of drug-likeness (QED) is 0.729. The standard InChI is InChI=1S/C15H15N/c1-11-8-12(2)10-14(9-11)15(16)13-6-4-3-5-7-13/h3-10,16H,1-2H3. The van der Waals surface area contributed by atoms with Crippen LogP contribution in [0.3, 0.4) is 0 Å². The SMILES string of the molecule is Cc1cc(C)cc(C(=N)c2ccccc2)c1. The predicted octanol–water partition coefficient (Wildman–Crippen LogP) is 3.72. The van der Waals surface area contributed by atoms with E-state index in [-0.39, 0.29) is 0 Å². The normalized spacial score (nSPS) is 10.1. The van der Waals surface area contributed by atoms with Crippen LogP contribution in [-0.4, -0.2) is 5.71 Å². The molecule has 1 heteroatoms. The first-order chi connectivity index (χ1) is 7.66. The van der Waals surface area contributed by atoms with Gasteiger partial charge in [-0.2, -0.15) is 0 Å². The van der Waals surface area contributed by atoms with Gasteiger partial charge in [0, 0.05) is 5.56 Å². The molecule has 16 heavy (non-hydrogen) atoms. The summed E-state index contributed by atoms with van der Waals surface area (Å²) in [7, 11) is 0. The van der Waals surface area contributed by atoms with Crippen LogP contribution in [0.2, 0.25) is 0 Å². The van der Waals surface area contributed by atoms with Gasteiger partial charge >= 0.3 is 0 Å². The molecule has 2 rings (SSSR count). The molecule has 0 aliphatic carbocycles. The third-order valence-electron chi connectivity index (χ3n) is 2.57. The molecule has 0 saturated heterocycles. The zero-order valence-corrected chi connectivity index (χ0v) is 9.62. The fourth-order valence-electron chi connectivity index (χ4n) is 1.89. The van der Waals surface area contributed by atoms with Gasteiger partial charge in [-0.15, -0.1) is 0 Å². The van der Waals surface area contributed by atoms with Crippen molar-refractivity contribution in [2.24, 2.45) is 0 Å². The van der Waals surface area contributed by atoms with Gasteiger partial charge in [0.05, 0.1) is 5.71 Å². The number of nitrogens with one attached hydrogen (secondary N) is 1.